The molecule has 0 radical (unpaired) electrons. The second-order valence-corrected chi connectivity index (χ2v) is 9.97. The average Bonchev–Trinajstić information content (AvgIpc) is 3.25. The summed E-state index contributed by atoms with van der Waals surface area (Å²) in [5, 5.41) is 10.0. The molecule has 1 aromatic heterocycles. The van der Waals surface area contributed by atoms with Crippen molar-refractivity contribution in [2.24, 2.45) is 9.98 Å². The number of hydrogen-bond donors (Lipinski definition) is 0. The Morgan fingerprint density at radius 2 is 1.59 bits per heavy atom. The molecule has 0 saturated carbocycles. The van der Waals surface area contributed by atoms with Gasteiger partial charge >= 0.3 is 0 Å². The van der Waals surface area contributed by atoms with Crippen LogP contribution in [-0.4, -0.2) is 33.8 Å². The summed E-state index contributed by atoms with van der Waals surface area (Å²) < 4.78 is 6.72. The maximum atomic E-state index is 10.0. The van der Waals surface area contributed by atoms with Gasteiger partial charge in [0, 0.05) is 37.4 Å². The third-order valence-corrected chi connectivity index (χ3v) is 6.43. The van der Waals surface area contributed by atoms with E-state index in [1.54, 1.807) is 6.20 Å². The topological polar surface area (TPSA) is 69.6 Å². The summed E-state index contributed by atoms with van der Waals surface area (Å²) in [6, 6.07) is 24.6. The van der Waals surface area contributed by atoms with Gasteiger partial charge in [0.1, 0.15) is 11.6 Å². The lowest BCUT2D eigenvalue weighted by Gasteiger charge is -2.15. The first-order valence-electron chi connectivity index (χ1n) is 12.0. The predicted molar refractivity (Wildman–Crippen MR) is 152 cm³/mol. The van der Waals surface area contributed by atoms with Gasteiger partial charge in [-0.15, -0.1) is 0 Å². The molecule has 0 N–H and O–H groups in total. The average molecular weight is 507 g/mol. The van der Waals surface area contributed by atoms with Crippen molar-refractivity contribution in [3.63, 3.8) is 0 Å². The number of para-hydroxylation sites is 1. The molecule has 0 unspecified atom stereocenters. The van der Waals surface area contributed by atoms with E-state index in [1.165, 1.54) is 17.1 Å². The Hall–Kier alpha value is -4.28. The van der Waals surface area contributed by atoms with Crippen LogP contribution in [0.25, 0.3) is 11.3 Å². The van der Waals surface area contributed by atoms with Crippen LogP contribution in [0.1, 0.15) is 33.6 Å². The first-order valence-corrected chi connectivity index (χ1v) is 12.8. The molecule has 0 aliphatic rings. The summed E-state index contributed by atoms with van der Waals surface area (Å²) in [7, 11) is 3.79. The minimum Gasteiger partial charge on any atom is -0.382 e. The molecule has 7 heteroatoms. The first-order chi connectivity index (χ1) is 17.8. The van der Waals surface area contributed by atoms with Gasteiger partial charge in [-0.25, -0.2) is 4.99 Å². The number of allylic oxidation sites excluding steroid dienone is 1. The number of nitrogens with zero attached hydrogens (tertiary/aromatic N) is 6. The number of rotatable bonds is 5. The maximum Gasteiger partial charge on any atom is 0.215 e. The SMILES string of the molecule is Cc1ccc(C(=Nc2ccccc2)N=c2snc(C(C#N)=CN(C)C)n2-c2c(C)cc(C)cc2C)cc1. The molecule has 0 saturated heterocycles. The van der Waals surface area contributed by atoms with E-state index >= 15 is 0 Å². The van der Waals surface area contributed by atoms with Crippen molar-refractivity contribution in [3.05, 3.63) is 111 Å². The van der Waals surface area contributed by atoms with E-state index in [9.17, 15) is 5.26 Å². The summed E-state index contributed by atoms with van der Waals surface area (Å²) in [6.45, 7) is 8.30. The Bertz CT molecular complexity index is 1560. The monoisotopic (exact) mass is 506 g/mol. The quantitative estimate of drug-likeness (QED) is 0.182. The van der Waals surface area contributed by atoms with Crippen LogP contribution in [-0.2, 0) is 0 Å². The zero-order valence-electron chi connectivity index (χ0n) is 22.0. The largest absolute Gasteiger partial charge is 0.382 e. The van der Waals surface area contributed by atoms with Crippen molar-refractivity contribution in [3.8, 4) is 11.8 Å². The predicted octanol–water partition coefficient (Wildman–Crippen LogP) is 6.27. The highest BCUT2D eigenvalue weighted by molar-refractivity contribution is 7.03. The van der Waals surface area contributed by atoms with Crippen molar-refractivity contribution < 1.29 is 0 Å². The van der Waals surface area contributed by atoms with Gasteiger partial charge in [0.15, 0.2) is 11.7 Å². The summed E-state index contributed by atoms with van der Waals surface area (Å²) in [5.74, 6) is 1.13. The van der Waals surface area contributed by atoms with Gasteiger partial charge in [-0.2, -0.15) is 14.6 Å². The highest BCUT2D eigenvalue weighted by Crippen LogP contribution is 2.24. The molecule has 0 amide bonds. The zero-order chi connectivity index (χ0) is 26.5. The highest BCUT2D eigenvalue weighted by atomic mass is 32.1. The number of aryl methyl sites for hydroxylation is 4. The normalized spacial score (nSPS) is 12.5. The molecule has 0 aliphatic heterocycles. The molecule has 0 spiro atoms. The van der Waals surface area contributed by atoms with Gasteiger partial charge in [0.2, 0.25) is 4.80 Å². The van der Waals surface area contributed by atoms with Gasteiger partial charge in [-0.05, 0) is 51.0 Å². The van der Waals surface area contributed by atoms with E-state index in [2.05, 4.69) is 58.0 Å². The molecule has 3 aromatic carbocycles. The van der Waals surface area contributed by atoms with Gasteiger partial charge in [0.25, 0.3) is 0 Å². The molecule has 37 heavy (non-hydrogen) atoms. The summed E-state index contributed by atoms with van der Waals surface area (Å²) >= 11 is 1.26. The number of nitriles is 1. The van der Waals surface area contributed by atoms with Gasteiger partial charge < -0.3 is 4.90 Å². The van der Waals surface area contributed by atoms with Crippen molar-refractivity contribution in [2.75, 3.05) is 14.1 Å². The van der Waals surface area contributed by atoms with E-state index < -0.39 is 0 Å². The van der Waals surface area contributed by atoms with Crippen LogP contribution in [0.3, 0.4) is 0 Å². The Morgan fingerprint density at radius 3 is 2.19 bits per heavy atom. The van der Waals surface area contributed by atoms with Crippen LogP contribution in [0.15, 0.2) is 82.9 Å². The lowest BCUT2D eigenvalue weighted by Crippen LogP contribution is -2.20. The highest BCUT2D eigenvalue weighted by Gasteiger charge is 2.19. The van der Waals surface area contributed by atoms with Gasteiger partial charge in [-0.3, -0.25) is 4.57 Å². The fraction of sp³-hybridized carbons (Fsp3) is 0.200. The minimum absolute atomic E-state index is 0.457. The molecular weight excluding hydrogens is 476 g/mol. The van der Waals surface area contributed by atoms with Crippen molar-refractivity contribution >= 4 is 28.6 Å². The molecule has 4 rings (SSSR count). The van der Waals surface area contributed by atoms with Crippen LogP contribution in [0.4, 0.5) is 5.69 Å². The molecule has 0 aliphatic carbocycles. The number of benzene rings is 3. The van der Waals surface area contributed by atoms with Gasteiger partial charge in [0.05, 0.1) is 11.4 Å². The standard InChI is InChI=1S/C30H30N6S/c1-20-12-14-24(15-13-20)28(32-26-10-8-7-9-11-26)33-30-36(27-22(3)16-21(2)17-23(27)4)29(34-37-30)25(18-31)19-35(5)6/h7-17,19H,1-6H3. The molecule has 0 atom stereocenters. The van der Waals surface area contributed by atoms with E-state index in [-0.39, 0.29) is 0 Å². The van der Waals surface area contributed by atoms with Crippen LogP contribution >= 0.6 is 11.5 Å². The summed E-state index contributed by atoms with van der Waals surface area (Å²) in [5.41, 5.74) is 7.65. The van der Waals surface area contributed by atoms with Crippen molar-refractivity contribution in [1.29, 1.82) is 5.26 Å². The number of aliphatic imine (C=N–C) groups is 1. The molecule has 0 bridgehead atoms. The number of aromatic nitrogens is 2. The number of hydrogen-bond acceptors (Lipinski definition) is 5. The van der Waals surface area contributed by atoms with Crippen LogP contribution < -0.4 is 4.80 Å². The second-order valence-electron chi connectivity index (χ2n) is 9.24. The van der Waals surface area contributed by atoms with Gasteiger partial charge in [-0.1, -0.05) is 65.7 Å². The molecule has 4 aromatic rings. The fourth-order valence-electron chi connectivity index (χ4n) is 4.19. The lowest BCUT2D eigenvalue weighted by molar-refractivity contribution is 0.565. The Balaban J connectivity index is 2.06. The molecular formula is C30H30N6S. The third-order valence-electron chi connectivity index (χ3n) is 5.73. The molecule has 1 heterocycles. The summed E-state index contributed by atoms with van der Waals surface area (Å²) in [6.07, 6.45) is 1.78. The van der Waals surface area contributed by atoms with E-state index in [0.29, 0.717) is 22.0 Å². The smallest absolute Gasteiger partial charge is 0.215 e. The fourth-order valence-corrected chi connectivity index (χ4v) is 4.92. The Labute approximate surface area is 222 Å². The third kappa shape index (κ3) is 5.93. The Morgan fingerprint density at radius 1 is 0.946 bits per heavy atom. The molecule has 186 valence electrons. The van der Waals surface area contributed by atoms with E-state index in [0.717, 1.165) is 33.6 Å². The molecule has 6 nitrogen and oxygen atoms in total. The second kappa shape index (κ2) is 11.2. The van der Waals surface area contributed by atoms with Crippen LogP contribution in [0.2, 0.25) is 0 Å². The zero-order valence-corrected chi connectivity index (χ0v) is 22.8. The number of amidine groups is 1. The first kappa shape index (κ1) is 25.8. The van der Waals surface area contributed by atoms with Crippen LogP contribution in [0.5, 0.6) is 0 Å². The van der Waals surface area contributed by atoms with Crippen molar-refractivity contribution in [1.82, 2.24) is 13.8 Å². The molecule has 0 fully saturated rings. The summed E-state index contributed by atoms with van der Waals surface area (Å²) in [4.78, 5) is 12.5. The van der Waals surface area contributed by atoms with Crippen LogP contribution in [0, 0.1) is 39.0 Å². The van der Waals surface area contributed by atoms with E-state index in [4.69, 9.17) is 14.4 Å². The minimum atomic E-state index is 0.457. The lowest BCUT2D eigenvalue weighted by atomic mass is 10.0. The van der Waals surface area contributed by atoms with Crippen molar-refractivity contribution in [2.45, 2.75) is 27.7 Å². The Kier molecular flexibility index (Phi) is 7.80. The van der Waals surface area contributed by atoms with E-state index in [1.807, 2.05) is 66.0 Å². The maximum absolute atomic E-state index is 10.0.